The summed E-state index contributed by atoms with van der Waals surface area (Å²) in [6.07, 6.45) is -18.2. The zero-order valence-electron chi connectivity index (χ0n) is 38.2. The number of hydrogen-bond donors (Lipinski definition) is 2. The summed E-state index contributed by atoms with van der Waals surface area (Å²) >= 11 is 18.4. The molecule has 0 spiro atoms. The van der Waals surface area contributed by atoms with Gasteiger partial charge in [-0.05, 0) is 54.8 Å². The normalized spacial score (nSPS) is 23.9. The Bertz CT molecular complexity index is 2720. The van der Waals surface area contributed by atoms with Gasteiger partial charge < -0.3 is 57.8 Å². The number of halogens is 3. The molecule has 1 amide bonds. The van der Waals surface area contributed by atoms with Crippen LogP contribution in [0.25, 0.3) is 10.8 Å². The van der Waals surface area contributed by atoms with Gasteiger partial charge in [0.2, 0.25) is 6.29 Å². The summed E-state index contributed by atoms with van der Waals surface area (Å²) in [6.45, 7) is 0.327. The van der Waals surface area contributed by atoms with Gasteiger partial charge >= 0.3 is 29.8 Å². The summed E-state index contributed by atoms with van der Waals surface area (Å²) in [7, 11) is 0.976. The minimum atomic E-state index is -2.68. The van der Waals surface area contributed by atoms with E-state index in [1.807, 2.05) is 0 Å². The molecule has 0 radical (unpaired) electrons. The summed E-state index contributed by atoms with van der Waals surface area (Å²) in [5.74, 6) is -6.93. The van der Waals surface area contributed by atoms with E-state index in [2.05, 4.69) is 5.32 Å². The van der Waals surface area contributed by atoms with E-state index >= 15 is 0 Å². The van der Waals surface area contributed by atoms with Crippen LogP contribution < -0.4 is 10.1 Å². The molecule has 72 heavy (non-hydrogen) atoms. The molecule has 2 saturated heterocycles. The average Bonchev–Trinajstić information content (AvgIpc) is 3.38. The Morgan fingerprint density at radius 1 is 0.597 bits per heavy atom. The molecule has 2 aliphatic rings. The van der Waals surface area contributed by atoms with Gasteiger partial charge in [-0.25, -0.2) is 19.2 Å². The Balaban J connectivity index is 1.41. The van der Waals surface area contributed by atoms with Crippen molar-refractivity contribution in [2.24, 2.45) is 0 Å². The lowest BCUT2D eigenvalue weighted by atomic mass is 9.94. The minimum Gasteiger partial charge on any atom is -0.467 e. The molecule has 5 aromatic carbocycles. The van der Waals surface area contributed by atoms with Gasteiger partial charge in [-0.2, -0.15) is 0 Å². The quantitative estimate of drug-likeness (QED) is 0.0614. The number of rotatable bonds is 17. The lowest BCUT2D eigenvalue weighted by molar-refractivity contribution is -0.333. The average molecular weight is 1050 g/mol. The number of benzene rings is 5. The Labute approximate surface area is 426 Å². The highest BCUT2D eigenvalue weighted by Gasteiger charge is 2.59. The van der Waals surface area contributed by atoms with E-state index < -0.39 is 114 Å². The molecule has 2 fully saturated rings. The molecule has 0 bridgehead atoms. The molecule has 21 heteroatoms. The fraction of sp³-hybridized carbons (Fsp3) is 0.314. The molecule has 5 aromatic rings. The first-order chi connectivity index (χ1) is 34.6. The van der Waals surface area contributed by atoms with Crippen LogP contribution in [0.4, 0.5) is 0 Å². The van der Waals surface area contributed by atoms with Crippen molar-refractivity contribution < 1.29 is 81.3 Å². The van der Waals surface area contributed by atoms with Crippen LogP contribution in [-0.4, -0.2) is 126 Å². The number of carbonyl (C=O) groups excluding carboxylic acids is 7. The first-order valence-electron chi connectivity index (χ1n) is 22.2. The highest BCUT2D eigenvalue weighted by atomic mass is 35.6. The second kappa shape index (κ2) is 24.2. The maximum atomic E-state index is 14.2. The van der Waals surface area contributed by atoms with Crippen molar-refractivity contribution in [3.05, 3.63) is 150 Å². The highest BCUT2D eigenvalue weighted by molar-refractivity contribution is 6.76. The van der Waals surface area contributed by atoms with E-state index in [0.29, 0.717) is 10.8 Å². The first-order valence-corrected chi connectivity index (χ1v) is 23.3. The minimum absolute atomic E-state index is 0.0144. The van der Waals surface area contributed by atoms with Crippen LogP contribution in [0, 0.1) is 0 Å². The molecular weight excluding hydrogens is 1000 g/mol. The Morgan fingerprint density at radius 3 is 1.67 bits per heavy atom. The second-order valence-electron chi connectivity index (χ2n) is 16.2. The highest BCUT2D eigenvalue weighted by Crippen LogP contribution is 2.38. The zero-order valence-corrected chi connectivity index (χ0v) is 40.5. The summed E-state index contributed by atoms with van der Waals surface area (Å²) in [5, 5.41) is 14.9. The number of carbonyl (C=O) groups is 7. The molecule has 2 N–H and O–H groups in total. The summed E-state index contributed by atoms with van der Waals surface area (Å²) < 4.78 is 52.2. The SMILES string of the molecule is COC(=O)[C@H]1O[C@@H](O[C@@H]2[C@@H](NC(=O)C(Cl)(Cl)Cl)[C@H](Oc3cccc4ccccc34)O[C@H](CO)[C@@H]2OC(=O)c2ccccc2)[C@H](OC(=O)c2ccccc2)[C@@H](OC(=O)c2ccccc2)[C@@H]1OC(=O)CCC(C)=O. The fourth-order valence-corrected chi connectivity index (χ4v) is 7.98. The second-order valence-corrected chi connectivity index (χ2v) is 18.5. The molecule has 0 unspecified atom stereocenters. The van der Waals surface area contributed by atoms with E-state index in [1.54, 1.807) is 72.8 Å². The molecule has 0 saturated carbocycles. The summed E-state index contributed by atoms with van der Waals surface area (Å²) in [6, 6.07) is 32.9. The van der Waals surface area contributed by atoms with Crippen molar-refractivity contribution in [3.8, 4) is 5.75 Å². The van der Waals surface area contributed by atoms with Gasteiger partial charge in [0, 0.05) is 11.8 Å². The predicted octanol–water partition coefficient (Wildman–Crippen LogP) is 6.03. The van der Waals surface area contributed by atoms with E-state index in [4.69, 9.17) is 77.4 Å². The topological polar surface area (TPSA) is 235 Å². The molecule has 10 atom stereocenters. The largest absolute Gasteiger partial charge is 0.467 e. The first kappa shape index (κ1) is 53.2. The number of fused-ring (bicyclic) bond motifs is 1. The molecule has 18 nitrogen and oxygen atoms in total. The maximum absolute atomic E-state index is 14.2. The zero-order chi connectivity index (χ0) is 51.5. The van der Waals surface area contributed by atoms with Crippen LogP contribution in [0.3, 0.4) is 0 Å². The standard InChI is InChI=1S/C51H46Cl3NO17/c1-28(57)25-26-36(58)67-40-41(69-45(60)31-18-8-4-9-19-31)43(70-46(61)32-20-10-5-11-21-32)49(72-42(40)47(62)64-2)71-39-37(55-50(63)51(52,53)54)48(65-34-24-14-22-29-15-12-13-23-33(29)34)66-35(27-56)38(39)68-44(59)30-16-6-3-7-17-30/h3-24,35,37-43,48-49,56H,25-27H2,1-2H3,(H,55,63)/t35-,37-,38+,39-,40+,41+,42+,43-,48-,49-/m1/s1. The van der Waals surface area contributed by atoms with Gasteiger partial charge in [0.15, 0.2) is 36.8 Å². The van der Waals surface area contributed by atoms with Crippen LogP contribution in [0.1, 0.15) is 50.8 Å². The number of aliphatic hydroxyl groups excluding tert-OH is 1. The van der Waals surface area contributed by atoms with Gasteiger partial charge in [0.05, 0.1) is 36.8 Å². The number of ether oxygens (including phenoxy) is 9. The molecule has 2 heterocycles. The summed E-state index contributed by atoms with van der Waals surface area (Å²) in [4.78, 5) is 95.6. The van der Waals surface area contributed by atoms with Gasteiger partial charge in [-0.1, -0.05) is 126 Å². The van der Waals surface area contributed by atoms with E-state index in [-0.39, 0.29) is 34.6 Å². The third kappa shape index (κ3) is 13.1. The van der Waals surface area contributed by atoms with Crippen molar-refractivity contribution in [2.45, 2.75) is 84.9 Å². The van der Waals surface area contributed by atoms with Gasteiger partial charge in [0.25, 0.3) is 9.70 Å². The molecule has 0 aromatic heterocycles. The lowest BCUT2D eigenvalue weighted by Gasteiger charge is -2.49. The molecule has 0 aliphatic carbocycles. The Hall–Kier alpha value is -6.64. The van der Waals surface area contributed by atoms with Crippen molar-refractivity contribution >= 4 is 87.1 Å². The van der Waals surface area contributed by atoms with E-state index in [0.717, 1.165) is 7.11 Å². The number of ketones is 1. The number of alkyl halides is 3. The third-order valence-corrected chi connectivity index (χ3v) is 11.8. The predicted molar refractivity (Wildman–Crippen MR) is 255 cm³/mol. The third-order valence-electron chi connectivity index (χ3n) is 11.3. The number of Topliss-reactive ketones (excluding diaryl/α,β-unsaturated/α-hetero) is 1. The van der Waals surface area contributed by atoms with Crippen molar-refractivity contribution in [3.63, 3.8) is 0 Å². The van der Waals surface area contributed by atoms with Gasteiger partial charge in [0.1, 0.15) is 29.8 Å². The molecular formula is C51H46Cl3NO17. The Morgan fingerprint density at radius 2 is 1.12 bits per heavy atom. The van der Waals surface area contributed by atoms with Gasteiger partial charge in [-0.3, -0.25) is 9.59 Å². The number of nitrogens with one attached hydrogen (secondary N) is 1. The van der Waals surface area contributed by atoms with Crippen LogP contribution in [0.15, 0.2) is 133 Å². The van der Waals surface area contributed by atoms with Crippen LogP contribution in [0.5, 0.6) is 5.75 Å². The van der Waals surface area contributed by atoms with Crippen LogP contribution >= 0.6 is 34.8 Å². The number of esters is 5. The van der Waals surface area contributed by atoms with Crippen molar-refractivity contribution in [1.29, 1.82) is 0 Å². The van der Waals surface area contributed by atoms with E-state index in [9.17, 15) is 38.7 Å². The molecule has 2 aliphatic heterocycles. The van der Waals surface area contributed by atoms with Crippen LogP contribution in [0.2, 0.25) is 0 Å². The van der Waals surface area contributed by atoms with Crippen molar-refractivity contribution in [1.82, 2.24) is 5.32 Å². The number of aliphatic hydroxyl groups is 1. The van der Waals surface area contributed by atoms with E-state index in [1.165, 1.54) is 67.6 Å². The number of amides is 1. The molecule has 378 valence electrons. The number of hydrogen-bond acceptors (Lipinski definition) is 17. The fourth-order valence-electron chi connectivity index (χ4n) is 7.82. The smallest absolute Gasteiger partial charge is 0.339 e. The molecule has 7 rings (SSSR count). The summed E-state index contributed by atoms with van der Waals surface area (Å²) in [5.41, 5.74) is -0.0792. The van der Waals surface area contributed by atoms with Gasteiger partial charge in [-0.15, -0.1) is 0 Å². The lowest BCUT2D eigenvalue weighted by Crippen LogP contribution is -2.70. The van der Waals surface area contributed by atoms with Crippen molar-refractivity contribution in [2.75, 3.05) is 13.7 Å². The van der Waals surface area contributed by atoms with Crippen LogP contribution in [-0.2, 0) is 57.1 Å². The Kier molecular flexibility index (Phi) is 17.9. The number of methoxy groups -OCH3 is 1. The maximum Gasteiger partial charge on any atom is 0.339 e. The monoisotopic (exact) mass is 1050 g/mol.